The van der Waals surface area contributed by atoms with Crippen LogP contribution < -0.4 is 9.88 Å². The second-order valence-corrected chi connectivity index (χ2v) is 8.97. The number of likely N-dealkylation sites (tertiary alicyclic amines) is 1. The standard InChI is InChI=1S/C19H19ClF2N2O5S/c20-13-3-1-11(2-4-13)14-5-6-24(19(25)26)9-12(14)10-29-17-7-16(22)18(8-15(17)21)30(23,27)28/h1-4,7-8,12,14H,5-6,9-10H2,(H,25,26)(H2,23,27,28). The average molecular weight is 461 g/mol. The van der Waals surface area contributed by atoms with E-state index in [1.807, 2.05) is 12.1 Å². The maximum Gasteiger partial charge on any atom is 0.407 e. The summed E-state index contributed by atoms with van der Waals surface area (Å²) in [6.45, 7) is 0.356. The van der Waals surface area contributed by atoms with Crippen LogP contribution in [0, 0.1) is 17.6 Å². The van der Waals surface area contributed by atoms with E-state index in [-0.39, 0.29) is 25.0 Å². The smallest absolute Gasteiger partial charge is 0.407 e. The van der Waals surface area contributed by atoms with Gasteiger partial charge in [-0.15, -0.1) is 0 Å². The molecule has 0 spiro atoms. The van der Waals surface area contributed by atoms with Crippen molar-refractivity contribution in [2.75, 3.05) is 19.7 Å². The first-order valence-corrected chi connectivity index (χ1v) is 10.9. The minimum atomic E-state index is -4.43. The Labute approximate surface area is 177 Å². The summed E-state index contributed by atoms with van der Waals surface area (Å²) in [5, 5.41) is 14.7. The average Bonchev–Trinajstić information content (AvgIpc) is 2.68. The molecule has 1 aliphatic rings. The number of ether oxygens (including phenoxy) is 1. The molecular formula is C19H19ClF2N2O5S. The summed E-state index contributed by atoms with van der Waals surface area (Å²) < 4.78 is 56.3. The van der Waals surface area contributed by atoms with Crippen molar-refractivity contribution in [3.8, 4) is 5.75 Å². The van der Waals surface area contributed by atoms with Gasteiger partial charge in [0.05, 0.1) is 6.61 Å². The Balaban J connectivity index is 1.83. The highest BCUT2D eigenvalue weighted by atomic mass is 35.5. The zero-order valence-electron chi connectivity index (χ0n) is 15.6. The molecule has 2 atom stereocenters. The minimum Gasteiger partial charge on any atom is -0.490 e. The molecule has 0 aliphatic carbocycles. The number of hydrogen-bond acceptors (Lipinski definition) is 4. The monoisotopic (exact) mass is 460 g/mol. The van der Waals surface area contributed by atoms with Crippen LogP contribution in [0.25, 0.3) is 0 Å². The molecule has 162 valence electrons. The number of halogens is 3. The van der Waals surface area contributed by atoms with E-state index in [0.717, 1.165) is 5.56 Å². The van der Waals surface area contributed by atoms with Crippen molar-refractivity contribution in [3.05, 3.63) is 58.6 Å². The molecule has 1 heterocycles. The van der Waals surface area contributed by atoms with E-state index in [9.17, 15) is 27.1 Å². The van der Waals surface area contributed by atoms with Crippen LogP contribution in [0.5, 0.6) is 5.75 Å². The number of nitrogens with two attached hydrogens (primary N) is 1. The summed E-state index contributed by atoms with van der Waals surface area (Å²) in [4.78, 5) is 11.6. The fourth-order valence-electron chi connectivity index (χ4n) is 3.56. The maximum absolute atomic E-state index is 14.3. The number of carbonyl (C=O) groups is 1. The number of sulfonamides is 1. The predicted octanol–water partition coefficient (Wildman–Crippen LogP) is 3.43. The number of benzene rings is 2. The molecule has 3 rings (SSSR count). The molecule has 30 heavy (non-hydrogen) atoms. The van der Waals surface area contributed by atoms with Crippen molar-refractivity contribution in [1.29, 1.82) is 0 Å². The zero-order chi connectivity index (χ0) is 22.1. The molecule has 2 aromatic carbocycles. The summed E-state index contributed by atoms with van der Waals surface area (Å²) >= 11 is 5.93. The van der Waals surface area contributed by atoms with Crippen molar-refractivity contribution in [2.24, 2.45) is 11.1 Å². The van der Waals surface area contributed by atoms with Crippen LogP contribution in [-0.4, -0.2) is 44.2 Å². The fourth-order valence-corrected chi connectivity index (χ4v) is 4.28. The highest BCUT2D eigenvalue weighted by Crippen LogP contribution is 2.35. The van der Waals surface area contributed by atoms with Crippen LogP contribution in [0.15, 0.2) is 41.3 Å². The molecule has 0 bridgehead atoms. The largest absolute Gasteiger partial charge is 0.490 e. The number of amides is 1. The van der Waals surface area contributed by atoms with E-state index in [1.54, 1.807) is 12.1 Å². The van der Waals surface area contributed by atoms with Crippen molar-refractivity contribution in [1.82, 2.24) is 4.90 Å². The number of carboxylic acid groups (broad SMARTS) is 1. The number of hydrogen-bond donors (Lipinski definition) is 2. The molecule has 1 fully saturated rings. The van der Waals surface area contributed by atoms with Gasteiger partial charge in [0, 0.05) is 36.2 Å². The number of piperidine rings is 1. The van der Waals surface area contributed by atoms with Gasteiger partial charge in [0.1, 0.15) is 10.7 Å². The van der Waals surface area contributed by atoms with Gasteiger partial charge in [0.25, 0.3) is 0 Å². The SMILES string of the molecule is NS(=O)(=O)c1cc(F)c(OCC2CN(C(=O)O)CCC2c2ccc(Cl)cc2)cc1F. The highest BCUT2D eigenvalue weighted by Gasteiger charge is 2.33. The van der Waals surface area contributed by atoms with E-state index >= 15 is 0 Å². The third-order valence-electron chi connectivity index (χ3n) is 5.05. The van der Waals surface area contributed by atoms with Gasteiger partial charge in [-0.25, -0.2) is 27.1 Å². The van der Waals surface area contributed by atoms with Gasteiger partial charge in [-0.1, -0.05) is 23.7 Å². The van der Waals surface area contributed by atoms with Gasteiger partial charge in [-0.2, -0.15) is 0 Å². The minimum absolute atomic E-state index is 0.0885. The summed E-state index contributed by atoms with van der Waals surface area (Å²) in [6.07, 6.45) is -0.562. The molecule has 0 aromatic heterocycles. The quantitative estimate of drug-likeness (QED) is 0.710. The fraction of sp³-hybridized carbons (Fsp3) is 0.316. The maximum atomic E-state index is 14.3. The van der Waals surface area contributed by atoms with E-state index in [2.05, 4.69) is 0 Å². The third kappa shape index (κ3) is 5.00. The first-order chi connectivity index (χ1) is 14.1. The van der Waals surface area contributed by atoms with E-state index in [0.29, 0.717) is 30.1 Å². The zero-order valence-corrected chi connectivity index (χ0v) is 17.2. The lowest BCUT2D eigenvalue weighted by Gasteiger charge is -2.37. The predicted molar refractivity (Wildman–Crippen MR) is 105 cm³/mol. The third-order valence-corrected chi connectivity index (χ3v) is 6.23. The number of rotatable bonds is 5. The van der Waals surface area contributed by atoms with E-state index < -0.39 is 38.4 Å². The van der Waals surface area contributed by atoms with Crippen molar-refractivity contribution in [2.45, 2.75) is 17.2 Å². The molecule has 3 N–H and O–H groups in total. The Bertz CT molecular complexity index is 1050. The molecule has 0 saturated carbocycles. The first-order valence-electron chi connectivity index (χ1n) is 8.94. The van der Waals surface area contributed by atoms with Crippen LogP contribution in [-0.2, 0) is 10.0 Å². The second kappa shape index (κ2) is 8.75. The highest BCUT2D eigenvalue weighted by molar-refractivity contribution is 7.89. The summed E-state index contributed by atoms with van der Waals surface area (Å²) in [7, 11) is -4.43. The molecule has 1 saturated heterocycles. The van der Waals surface area contributed by atoms with Crippen molar-refractivity contribution >= 4 is 27.7 Å². The lowest BCUT2D eigenvalue weighted by Crippen LogP contribution is -2.44. The molecule has 1 amide bonds. The lowest BCUT2D eigenvalue weighted by atomic mass is 9.81. The Morgan fingerprint density at radius 2 is 1.90 bits per heavy atom. The van der Waals surface area contributed by atoms with Gasteiger partial charge in [0.2, 0.25) is 10.0 Å². The molecule has 7 nitrogen and oxygen atoms in total. The second-order valence-electron chi connectivity index (χ2n) is 7.00. The molecule has 2 aromatic rings. The number of nitrogens with zero attached hydrogens (tertiary/aromatic N) is 1. The van der Waals surface area contributed by atoms with Gasteiger partial charge >= 0.3 is 6.09 Å². The van der Waals surface area contributed by atoms with Crippen molar-refractivity contribution < 1.29 is 31.8 Å². The summed E-state index contributed by atoms with van der Waals surface area (Å²) in [6, 6.07) is 8.18. The van der Waals surface area contributed by atoms with E-state index in [1.165, 1.54) is 4.90 Å². The summed E-state index contributed by atoms with van der Waals surface area (Å²) in [5.74, 6) is -3.25. The molecule has 1 aliphatic heterocycles. The molecule has 11 heteroatoms. The van der Waals surface area contributed by atoms with Gasteiger partial charge in [-0.3, -0.25) is 0 Å². The molecular weight excluding hydrogens is 442 g/mol. The first kappa shape index (κ1) is 22.3. The van der Waals surface area contributed by atoms with Gasteiger partial charge in [-0.05, 0) is 30.0 Å². The van der Waals surface area contributed by atoms with E-state index in [4.69, 9.17) is 21.5 Å². The molecule has 2 unspecified atom stereocenters. The Morgan fingerprint density at radius 1 is 1.23 bits per heavy atom. The molecule has 0 radical (unpaired) electrons. The van der Waals surface area contributed by atoms with Crippen LogP contribution in [0.1, 0.15) is 17.9 Å². The summed E-state index contributed by atoms with van der Waals surface area (Å²) in [5.41, 5.74) is 0.925. The van der Waals surface area contributed by atoms with Crippen molar-refractivity contribution in [3.63, 3.8) is 0 Å². The Hall–Kier alpha value is -2.43. The number of primary sulfonamides is 1. The Kier molecular flexibility index (Phi) is 6.49. The van der Waals surface area contributed by atoms with Gasteiger partial charge in [0.15, 0.2) is 11.6 Å². The lowest BCUT2D eigenvalue weighted by molar-refractivity contribution is 0.0927. The van der Waals surface area contributed by atoms with Crippen LogP contribution >= 0.6 is 11.6 Å². The topological polar surface area (TPSA) is 110 Å². The van der Waals surface area contributed by atoms with Gasteiger partial charge < -0.3 is 14.7 Å². The van der Waals surface area contributed by atoms with Crippen LogP contribution in [0.4, 0.5) is 13.6 Å². The Morgan fingerprint density at radius 3 is 2.50 bits per heavy atom. The normalized spacial score (nSPS) is 19.5. The van der Waals surface area contributed by atoms with Crippen LogP contribution in [0.2, 0.25) is 5.02 Å². The van der Waals surface area contributed by atoms with Crippen LogP contribution in [0.3, 0.4) is 0 Å².